The average molecular weight is 364 g/mol. The van der Waals surface area contributed by atoms with E-state index in [1.807, 2.05) is 6.92 Å². The molecule has 3 rings (SSSR count). The van der Waals surface area contributed by atoms with Crippen molar-refractivity contribution in [3.8, 4) is 0 Å². The van der Waals surface area contributed by atoms with E-state index in [4.69, 9.17) is 0 Å². The molecule has 0 spiro atoms. The van der Waals surface area contributed by atoms with Crippen LogP contribution in [0.5, 0.6) is 0 Å². The topological polar surface area (TPSA) is 110 Å². The second kappa shape index (κ2) is 6.83. The molecule has 0 radical (unpaired) electrons. The summed E-state index contributed by atoms with van der Waals surface area (Å²) in [5, 5.41) is 5.46. The SMILES string of the molecule is CCCNC(=O)c1nc(C(=O)NC2CCS(=O)(=O)C2)n2ccccc12. The Balaban J connectivity index is 1.88. The lowest BCUT2D eigenvalue weighted by Gasteiger charge is -2.09. The van der Waals surface area contributed by atoms with Gasteiger partial charge in [0.2, 0.25) is 5.82 Å². The second-order valence-electron chi connectivity index (χ2n) is 6.07. The molecule has 0 aliphatic carbocycles. The Morgan fingerprint density at radius 2 is 2.12 bits per heavy atom. The Labute approximate surface area is 145 Å². The van der Waals surface area contributed by atoms with E-state index in [1.54, 1.807) is 28.8 Å². The summed E-state index contributed by atoms with van der Waals surface area (Å²) in [5.41, 5.74) is 0.707. The zero-order valence-corrected chi connectivity index (χ0v) is 14.7. The third-order valence-electron chi connectivity index (χ3n) is 4.07. The van der Waals surface area contributed by atoms with Crippen LogP contribution in [0.25, 0.3) is 5.52 Å². The van der Waals surface area contributed by atoms with Crippen molar-refractivity contribution in [1.29, 1.82) is 0 Å². The first-order valence-corrected chi connectivity index (χ1v) is 10.00. The molecule has 2 aromatic heterocycles. The molecule has 1 aliphatic heterocycles. The molecule has 2 amide bonds. The summed E-state index contributed by atoms with van der Waals surface area (Å²) in [7, 11) is -3.09. The molecule has 1 saturated heterocycles. The van der Waals surface area contributed by atoms with Crippen molar-refractivity contribution >= 4 is 27.2 Å². The van der Waals surface area contributed by atoms with Gasteiger partial charge in [0.25, 0.3) is 11.8 Å². The number of fused-ring (bicyclic) bond motifs is 1. The molecule has 0 saturated carbocycles. The molecule has 1 unspecified atom stereocenters. The van der Waals surface area contributed by atoms with Crippen LogP contribution >= 0.6 is 0 Å². The number of nitrogens with one attached hydrogen (secondary N) is 2. The summed E-state index contributed by atoms with van der Waals surface area (Å²) in [4.78, 5) is 29.0. The molecular formula is C16H20N4O4S. The fraction of sp³-hybridized carbons (Fsp3) is 0.438. The molecule has 1 fully saturated rings. The molecule has 3 heterocycles. The molecule has 8 nitrogen and oxygen atoms in total. The maximum absolute atomic E-state index is 12.6. The molecule has 2 aromatic rings. The summed E-state index contributed by atoms with van der Waals surface area (Å²) in [6, 6.07) is 4.79. The molecule has 1 atom stereocenters. The Morgan fingerprint density at radius 3 is 2.80 bits per heavy atom. The van der Waals surface area contributed by atoms with Gasteiger partial charge in [-0.05, 0) is 25.0 Å². The minimum atomic E-state index is -3.09. The van der Waals surface area contributed by atoms with Crippen LogP contribution in [-0.2, 0) is 9.84 Å². The standard InChI is InChI=1S/C16H20N4O4S/c1-2-7-17-15(21)13-12-5-3-4-8-20(12)14(19-13)16(22)18-11-6-9-25(23,24)10-11/h3-5,8,11H,2,6-7,9-10H2,1H3,(H,17,21)(H,18,22). The van der Waals surface area contributed by atoms with Gasteiger partial charge in [-0.3, -0.25) is 14.0 Å². The van der Waals surface area contributed by atoms with Crippen LogP contribution in [0.15, 0.2) is 24.4 Å². The highest BCUT2D eigenvalue weighted by atomic mass is 32.2. The van der Waals surface area contributed by atoms with Crippen LogP contribution in [0.4, 0.5) is 0 Å². The van der Waals surface area contributed by atoms with Gasteiger partial charge in [-0.15, -0.1) is 0 Å². The van der Waals surface area contributed by atoms with E-state index in [0.29, 0.717) is 18.5 Å². The summed E-state index contributed by atoms with van der Waals surface area (Å²) in [6.07, 6.45) is 2.83. The number of pyridine rings is 1. The van der Waals surface area contributed by atoms with Crippen LogP contribution in [0.1, 0.15) is 40.9 Å². The van der Waals surface area contributed by atoms with Crippen molar-refractivity contribution in [2.24, 2.45) is 0 Å². The maximum atomic E-state index is 12.6. The molecule has 0 aromatic carbocycles. The monoisotopic (exact) mass is 364 g/mol. The summed E-state index contributed by atoms with van der Waals surface area (Å²) >= 11 is 0. The fourth-order valence-corrected chi connectivity index (χ4v) is 4.52. The first kappa shape index (κ1) is 17.4. The van der Waals surface area contributed by atoms with Gasteiger partial charge >= 0.3 is 0 Å². The number of imidazole rings is 1. The first-order valence-electron chi connectivity index (χ1n) is 8.18. The molecule has 0 bridgehead atoms. The molecule has 9 heteroatoms. The zero-order valence-electron chi connectivity index (χ0n) is 13.9. The summed E-state index contributed by atoms with van der Waals surface area (Å²) in [5.74, 6) is -0.746. The van der Waals surface area contributed by atoms with Crippen molar-refractivity contribution in [3.05, 3.63) is 35.9 Å². The fourth-order valence-electron chi connectivity index (χ4n) is 2.85. The first-order chi connectivity index (χ1) is 11.9. The van der Waals surface area contributed by atoms with Crippen molar-refractivity contribution < 1.29 is 18.0 Å². The number of amides is 2. The molecule has 134 valence electrons. The maximum Gasteiger partial charge on any atom is 0.287 e. The smallest absolute Gasteiger partial charge is 0.287 e. The quantitative estimate of drug-likeness (QED) is 0.798. The highest BCUT2D eigenvalue weighted by Gasteiger charge is 2.30. The minimum Gasteiger partial charge on any atom is -0.351 e. The largest absolute Gasteiger partial charge is 0.351 e. The van der Waals surface area contributed by atoms with E-state index in [1.165, 1.54) is 0 Å². The Kier molecular flexibility index (Phi) is 4.76. The van der Waals surface area contributed by atoms with Gasteiger partial charge in [-0.1, -0.05) is 13.0 Å². The van der Waals surface area contributed by atoms with Crippen molar-refractivity contribution in [2.75, 3.05) is 18.1 Å². The Hall–Kier alpha value is -2.42. The van der Waals surface area contributed by atoms with Gasteiger partial charge in [-0.25, -0.2) is 13.4 Å². The number of nitrogens with zero attached hydrogens (tertiary/aromatic N) is 2. The lowest BCUT2D eigenvalue weighted by atomic mass is 10.2. The van der Waals surface area contributed by atoms with Crippen LogP contribution < -0.4 is 10.6 Å². The van der Waals surface area contributed by atoms with Crippen LogP contribution in [-0.4, -0.2) is 53.7 Å². The van der Waals surface area contributed by atoms with Crippen LogP contribution in [0.3, 0.4) is 0 Å². The minimum absolute atomic E-state index is 0.0636. The second-order valence-corrected chi connectivity index (χ2v) is 8.30. The van der Waals surface area contributed by atoms with E-state index in [2.05, 4.69) is 15.6 Å². The number of carbonyl (C=O) groups excluding carboxylic acids is 2. The van der Waals surface area contributed by atoms with Gasteiger partial charge in [0.15, 0.2) is 15.5 Å². The van der Waals surface area contributed by atoms with Crippen molar-refractivity contribution in [1.82, 2.24) is 20.0 Å². The van der Waals surface area contributed by atoms with Gasteiger partial charge in [0.05, 0.1) is 17.0 Å². The van der Waals surface area contributed by atoms with Crippen LogP contribution in [0, 0.1) is 0 Å². The number of sulfone groups is 1. The van der Waals surface area contributed by atoms with Crippen molar-refractivity contribution in [3.63, 3.8) is 0 Å². The van der Waals surface area contributed by atoms with Gasteiger partial charge in [0, 0.05) is 18.8 Å². The van der Waals surface area contributed by atoms with Gasteiger partial charge < -0.3 is 10.6 Å². The van der Waals surface area contributed by atoms with E-state index < -0.39 is 21.8 Å². The Morgan fingerprint density at radius 1 is 1.32 bits per heavy atom. The summed E-state index contributed by atoms with van der Waals surface area (Å²) < 4.78 is 24.6. The number of hydrogen-bond donors (Lipinski definition) is 2. The predicted molar refractivity (Wildman–Crippen MR) is 92.3 cm³/mol. The van der Waals surface area contributed by atoms with Gasteiger partial charge in [-0.2, -0.15) is 0 Å². The number of carbonyl (C=O) groups is 2. The molecule has 25 heavy (non-hydrogen) atoms. The van der Waals surface area contributed by atoms with Crippen molar-refractivity contribution in [2.45, 2.75) is 25.8 Å². The predicted octanol–water partition coefficient (Wildman–Crippen LogP) is 0.391. The van der Waals surface area contributed by atoms with Crippen LogP contribution in [0.2, 0.25) is 0 Å². The van der Waals surface area contributed by atoms with E-state index in [-0.39, 0.29) is 28.9 Å². The average Bonchev–Trinajstić information content (AvgIpc) is 3.13. The molecule has 1 aliphatic rings. The van der Waals surface area contributed by atoms with E-state index in [0.717, 1.165) is 6.42 Å². The third kappa shape index (κ3) is 3.65. The number of hydrogen-bond acceptors (Lipinski definition) is 5. The number of aromatic nitrogens is 2. The van der Waals surface area contributed by atoms with Gasteiger partial charge in [0.1, 0.15) is 0 Å². The normalized spacial score (nSPS) is 19.0. The third-order valence-corrected chi connectivity index (χ3v) is 5.84. The highest BCUT2D eigenvalue weighted by molar-refractivity contribution is 7.91. The summed E-state index contributed by atoms with van der Waals surface area (Å²) in [6.45, 7) is 2.46. The van der Waals surface area contributed by atoms with E-state index in [9.17, 15) is 18.0 Å². The molecule has 2 N–H and O–H groups in total. The van der Waals surface area contributed by atoms with E-state index >= 15 is 0 Å². The zero-order chi connectivity index (χ0) is 18.0. The number of rotatable bonds is 5. The lowest BCUT2D eigenvalue weighted by Crippen LogP contribution is -2.36. The molecular weight excluding hydrogens is 344 g/mol. The Bertz CT molecular complexity index is 919. The highest BCUT2D eigenvalue weighted by Crippen LogP contribution is 2.15. The lowest BCUT2D eigenvalue weighted by molar-refractivity contribution is 0.0930.